The predicted octanol–water partition coefficient (Wildman–Crippen LogP) is 2.18. The first-order chi connectivity index (χ1) is 13.6. The summed E-state index contributed by atoms with van der Waals surface area (Å²) in [5.74, 6) is 0.381. The Morgan fingerprint density at radius 2 is 1.93 bits per heavy atom. The van der Waals surface area contributed by atoms with Gasteiger partial charge in [-0.1, -0.05) is 36.4 Å². The lowest BCUT2D eigenvalue weighted by Crippen LogP contribution is -2.46. The molecule has 3 heterocycles. The molecule has 6 heteroatoms. The third kappa shape index (κ3) is 4.13. The molecule has 1 radical (unpaired) electrons. The molecule has 0 aliphatic carbocycles. The van der Waals surface area contributed by atoms with E-state index in [0.717, 1.165) is 30.9 Å². The third-order valence-corrected chi connectivity index (χ3v) is 6.78. The van der Waals surface area contributed by atoms with Gasteiger partial charge in [-0.25, -0.2) is 0 Å². The fourth-order valence-corrected chi connectivity index (χ4v) is 5.31. The van der Waals surface area contributed by atoms with Crippen molar-refractivity contribution in [3.05, 3.63) is 64.7 Å². The topological polar surface area (TPSA) is 66.6 Å². The van der Waals surface area contributed by atoms with E-state index in [-0.39, 0.29) is 23.8 Å². The maximum atomic E-state index is 12.6. The fourth-order valence-electron chi connectivity index (χ4n) is 4.62. The molecule has 2 aliphatic heterocycles. The number of rotatable bonds is 7. The van der Waals surface area contributed by atoms with Crippen molar-refractivity contribution in [2.24, 2.45) is 17.6 Å². The molecule has 2 aliphatic rings. The lowest BCUT2D eigenvalue weighted by molar-refractivity contribution is -0.130. The Morgan fingerprint density at radius 3 is 2.64 bits per heavy atom. The monoisotopic (exact) mass is 396 g/mol. The number of nitrogens with zero attached hydrogens (tertiary/aromatic N) is 2. The number of carbonyl (C=O) groups excluding carboxylic acids is 2. The molecule has 2 amide bonds. The summed E-state index contributed by atoms with van der Waals surface area (Å²) >= 11 is 1.61. The Labute approximate surface area is 170 Å². The molecule has 0 saturated carbocycles. The highest BCUT2D eigenvalue weighted by atomic mass is 32.1. The summed E-state index contributed by atoms with van der Waals surface area (Å²) < 4.78 is 0. The van der Waals surface area contributed by atoms with Crippen LogP contribution in [0, 0.1) is 18.3 Å². The van der Waals surface area contributed by atoms with Crippen LogP contribution < -0.4 is 5.73 Å². The smallest absolute Gasteiger partial charge is 0.235 e. The maximum absolute atomic E-state index is 12.6. The van der Waals surface area contributed by atoms with Crippen molar-refractivity contribution >= 4 is 23.2 Å². The number of carbonyl (C=O) groups is 2. The molecule has 28 heavy (non-hydrogen) atoms. The van der Waals surface area contributed by atoms with Gasteiger partial charge >= 0.3 is 0 Å². The first kappa shape index (κ1) is 19.2. The van der Waals surface area contributed by atoms with E-state index in [9.17, 15) is 9.59 Å². The zero-order chi connectivity index (χ0) is 19.5. The van der Waals surface area contributed by atoms with Crippen LogP contribution in [0.5, 0.6) is 0 Å². The van der Waals surface area contributed by atoms with Gasteiger partial charge in [0.15, 0.2) is 0 Å². The number of amides is 2. The second-order valence-corrected chi connectivity index (χ2v) is 8.76. The van der Waals surface area contributed by atoms with Crippen molar-refractivity contribution in [1.82, 2.24) is 9.80 Å². The van der Waals surface area contributed by atoms with Crippen LogP contribution in [-0.4, -0.2) is 53.8 Å². The maximum Gasteiger partial charge on any atom is 0.235 e. The number of hydrogen-bond acceptors (Lipinski definition) is 4. The lowest BCUT2D eigenvalue weighted by Gasteiger charge is -2.27. The second kappa shape index (κ2) is 8.45. The molecule has 2 saturated heterocycles. The molecule has 2 N–H and O–H groups in total. The molecule has 0 bridgehead atoms. The van der Waals surface area contributed by atoms with Gasteiger partial charge in [-0.15, -0.1) is 11.3 Å². The average Bonchev–Trinajstić information content (AvgIpc) is 3.38. The zero-order valence-corrected chi connectivity index (χ0v) is 16.7. The SMILES string of the molecule is NC(=O)C1[C@@H]2CN(C(=O)Cc3cccs3)CC2CN1CC[CH]c1ccccc1. The summed E-state index contributed by atoms with van der Waals surface area (Å²) in [4.78, 5) is 30.1. The normalized spacial score (nSPS) is 24.4. The summed E-state index contributed by atoms with van der Waals surface area (Å²) in [6, 6.07) is 13.9. The van der Waals surface area contributed by atoms with Crippen LogP contribution in [0.2, 0.25) is 0 Å². The molecule has 2 unspecified atom stereocenters. The molecule has 2 aromatic rings. The van der Waals surface area contributed by atoms with Gasteiger partial charge in [-0.05, 0) is 42.3 Å². The predicted molar refractivity (Wildman–Crippen MR) is 111 cm³/mol. The van der Waals surface area contributed by atoms with E-state index in [4.69, 9.17) is 5.73 Å². The Balaban J connectivity index is 1.33. The van der Waals surface area contributed by atoms with Crippen molar-refractivity contribution < 1.29 is 9.59 Å². The quantitative estimate of drug-likeness (QED) is 0.780. The van der Waals surface area contributed by atoms with Crippen LogP contribution in [0.1, 0.15) is 16.9 Å². The highest BCUT2D eigenvalue weighted by molar-refractivity contribution is 7.10. The second-order valence-electron chi connectivity index (χ2n) is 7.72. The van der Waals surface area contributed by atoms with E-state index in [1.54, 1.807) is 11.3 Å². The Bertz CT molecular complexity index is 808. The number of nitrogens with two attached hydrogens (primary N) is 1. The van der Waals surface area contributed by atoms with Crippen molar-refractivity contribution in [3.63, 3.8) is 0 Å². The van der Waals surface area contributed by atoms with Crippen molar-refractivity contribution in [1.29, 1.82) is 0 Å². The van der Waals surface area contributed by atoms with E-state index in [1.165, 1.54) is 5.56 Å². The van der Waals surface area contributed by atoms with Gasteiger partial charge in [-0.3, -0.25) is 14.5 Å². The van der Waals surface area contributed by atoms with Gasteiger partial charge in [-0.2, -0.15) is 0 Å². The molecule has 4 rings (SSSR count). The van der Waals surface area contributed by atoms with Gasteiger partial charge in [0.1, 0.15) is 0 Å². The molecule has 2 fully saturated rings. The van der Waals surface area contributed by atoms with Crippen molar-refractivity contribution in [2.45, 2.75) is 18.9 Å². The largest absolute Gasteiger partial charge is 0.368 e. The molecular formula is C22H26N3O2S. The standard InChI is InChI=1S/C22H26N3O2S/c23-22(27)21-19-15-25(20(26)12-18-9-5-11-28-18)14-17(19)13-24(21)10-4-8-16-6-2-1-3-7-16/h1-3,5-9,11,17,19,21H,4,10,12-15H2,(H2,23,27)/t17?,19-,21?/m1/s1. The minimum atomic E-state index is -0.270. The first-order valence-corrected chi connectivity index (χ1v) is 10.7. The Morgan fingerprint density at radius 1 is 1.11 bits per heavy atom. The van der Waals surface area contributed by atoms with Crippen LogP contribution in [0.25, 0.3) is 0 Å². The fraction of sp³-hybridized carbons (Fsp3) is 0.409. The average molecular weight is 397 g/mol. The van der Waals surface area contributed by atoms with E-state index >= 15 is 0 Å². The van der Waals surface area contributed by atoms with Crippen molar-refractivity contribution in [3.8, 4) is 0 Å². The van der Waals surface area contributed by atoms with Gasteiger partial charge in [0.2, 0.25) is 11.8 Å². The molecule has 147 valence electrons. The summed E-state index contributed by atoms with van der Waals surface area (Å²) in [6.45, 7) is 3.03. The first-order valence-electron chi connectivity index (χ1n) is 9.83. The number of hydrogen-bond donors (Lipinski definition) is 1. The van der Waals surface area contributed by atoms with E-state index in [0.29, 0.717) is 18.9 Å². The number of fused-ring (bicyclic) bond motifs is 1. The minimum Gasteiger partial charge on any atom is -0.368 e. The van der Waals surface area contributed by atoms with Gasteiger partial charge in [0.25, 0.3) is 0 Å². The molecule has 5 nitrogen and oxygen atoms in total. The van der Waals surface area contributed by atoms with Crippen LogP contribution in [-0.2, 0) is 16.0 Å². The third-order valence-electron chi connectivity index (χ3n) is 5.91. The van der Waals surface area contributed by atoms with E-state index < -0.39 is 0 Å². The van der Waals surface area contributed by atoms with Crippen LogP contribution in [0.15, 0.2) is 47.8 Å². The lowest BCUT2D eigenvalue weighted by atomic mass is 9.94. The van der Waals surface area contributed by atoms with Gasteiger partial charge < -0.3 is 10.6 Å². The van der Waals surface area contributed by atoms with Gasteiger partial charge in [0, 0.05) is 30.4 Å². The van der Waals surface area contributed by atoms with E-state index in [2.05, 4.69) is 23.5 Å². The minimum absolute atomic E-state index is 0.154. The highest BCUT2D eigenvalue weighted by Gasteiger charge is 2.49. The van der Waals surface area contributed by atoms with Crippen LogP contribution in [0.4, 0.5) is 0 Å². The summed E-state index contributed by atoms with van der Waals surface area (Å²) in [6.07, 6.45) is 3.53. The summed E-state index contributed by atoms with van der Waals surface area (Å²) in [5.41, 5.74) is 6.96. The summed E-state index contributed by atoms with van der Waals surface area (Å²) in [7, 11) is 0. The Hall–Kier alpha value is -2.18. The van der Waals surface area contributed by atoms with Gasteiger partial charge in [0.05, 0.1) is 12.5 Å². The van der Waals surface area contributed by atoms with Crippen molar-refractivity contribution in [2.75, 3.05) is 26.2 Å². The molecule has 3 atom stereocenters. The molecule has 0 spiro atoms. The zero-order valence-electron chi connectivity index (χ0n) is 15.9. The number of likely N-dealkylation sites (tertiary alicyclic amines) is 2. The van der Waals surface area contributed by atoms with Crippen LogP contribution >= 0.6 is 11.3 Å². The Kier molecular flexibility index (Phi) is 5.78. The number of thiophene rings is 1. The molecule has 1 aromatic carbocycles. The number of benzene rings is 1. The summed E-state index contributed by atoms with van der Waals surface area (Å²) in [5, 5.41) is 1.99. The molecule has 1 aromatic heterocycles. The number of primary amides is 1. The molecular weight excluding hydrogens is 370 g/mol. The highest BCUT2D eigenvalue weighted by Crippen LogP contribution is 2.36. The van der Waals surface area contributed by atoms with Crippen LogP contribution in [0.3, 0.4) is 0 Å². The van der Waals surface area contributed by atoms with E-state index in [1.807, 2.05) is 40.6 Å².